The number of carboxylic acid groups (broad SMARTS) is 1. The molecule has 98 valence electrons. The zero-order chi connectivity index (χ0) is 13.5. The maximum atomic E-state index is 10.4. The molecule has 0 amide bonds. The normalized spacial score (nSPS) is 12.6. The highest BCUT2D eigenvalue weighted by atomic mass is 35.5. The smallest absolute Gasteiger partial charge is 0.328 e. The number of hydrogen-bond donors (Lipinski definition) is 1. The van der Waals surface area contributed by atoms with E-state index in [1.807, 2.05) is 0 Å². The van der Waals surface area contributed by atoms with E-state index in [2.05, 4.69) is 13.8 Å². The minimum Gasteiger partial charge on any atom is -0.492 e. The third-order valence-corrected chi connectivity index (χ3v) is 2.89. The Labute approximate surface area is 112 Å². The standard InChI is InChI=1S/C14H17ClO3/c1-3-10(2)9-18-13-6-4-11(8-12(13)15)5-7-14(16)17/h4-8,10H,3,9H2,1-2H3,(H,16,17). The minimum atomic E-state index is -0.983. The van der Waals surface area contributed by atoms with Crippen molar-refractivity contribution in [3.8, 4) is 5.75 Å². The van der Waals surface area contributed by atoms with E-state index >= 15 is 0 Å². The van der Waals surface area contributed by atoms with Crippen molar-refractivity contribution >= 4 is 23.6 Å². The van der Waals surface area contributed by atoms with Gasteiger partial charge in [-0.25, -0.2) is 4.79 Å². The van der Waals surface area contributed by atoms with Crippen LogP contribution in [0.1, 0.15) is 25.8 Å². The van der Waals surface area contributed by atoms with Crippen LogP contribution in [0.25, 0.3) is 6.08 Å². The van der Waals surface area contributed by atoms with E-state index in [1.54, 1.807) is 18.2 Å². The maximum absolute atomic E-state index is 10.4. The fraction of sp³-hybridized carbons (Fsp3) is 0.357. The summed E-state index contributed by atoms with van der Waals surface area (Å²) >= 11 is 6.07. The number of aliphatic carboxylic acids is 1. The van der Waals surface area contributed by atoms with E-state index in [-0.39, 0.29) is 0 Å². The van der Waals surface area contributed by atoms with E-state index in [0.29, 0.717) is 23.3 Å². The lowest BCUT2D eigenvalue weighted by Gasteiger charge is -2.12. The molecule has 0 radical (unpaired) electrons. The van der Waals surface area contributed by atoms with E-state index in [0.717, 1.165) is 18.1 Å². The lowest BCUT2D eigenvalue weighted by Crippen LogP contribution is -2.07. The Bertz CT molecular complexity index is 441. The van der Waals surface area contributed by atoms with Crippen molar-refractivity contribution in [2.75, 3.05) is 6.61 Å². The van der Waals surface area contributed by atoms with E-state index in [1.165, 1.54) is 6.08 Å². The number of hydrogen-bond acceptors (Lipinski definition) is 2. The van der Waals surface area contributed by atoms with Crippen LogP contribution in [-0.4, -0.2) is 17.7 Å². The van der Waals surface area contributed by atoms with Gasteiger partial charge in [0.25, 0.3) is 0 Å². The molecule has 1 rings (SSSR count). The molecule has 0 aliphatic carbocycles. The van der Waals surface area contributed by atoms with Crippen LogP contribution in [0.4, 0.5) is 0 Å². The Morgan fingerprint density at radius 1 is 1.56 bits per heavy atom. The summed E-state index contributed by atoms with van der Waals surface area (Å²) in [6.07, 6.45) is 3.62. The number of benzene rings is 1. The molecular formula is C14H17ClO3. The van der Waals surface area contributed by atoms with Gasteiger partial charge in [-0.05, 0) is 29.7 Å². The molecule has 4 heteroatoms. The first-order valence-electron chi connectivity index (χ1n) is 5.86. The third kappa shape index (κ3) is 4.80. The van der Waals surface area contributed by atoms with Crippen LogP contribution in [0.2, 0.25) is 5.02 Å². The molecule has 1 unspecified atom stereocenters. The number of carbonyl (C=O) groups is 1. The average Bonchev–Trinajstić information content (AvgIpc) is 2.34. The summed E-state index contributed by atoms with van der Waals surface area (Å²) in [7, 11) is 0. The minimum absolute atomic E-state index is 0.479. The molecule has 0 aliphatic rings. The lowest BCUT2D eigenvalue weighted by molar-refractivity contribution is -0.131. The van der Waals surface area contributed by atoms with Gasteiger partial charge in [0, 0.05) is 6.08 Å². The first-order chi connectivity index (χ1) is 8.52. The molecule has 0 spiro atoms. The first-order valence-corrected chi connectivity index (χ1v) is 6.24. The van der Waals surface area contributed by atoms with Gasteiger partial charge in [0.2, 0.25) is 0 Å². The van der Waals surface area contributed by atoms with Crippen molar-refractivity contribution in [3.63, 3.8) is 0 Å². The molecule has 0 aromatic heterocycles. The molecule has 1 atom stereocenters. The molecule has 1 N–H and O–H groups in total. The molecule has 18 heavy (non-hydrogen) atoms. The quantitative estimate of drug-likeness (QED) is 0.797. The summed E-state index contributed by atoms with van der Waals surface area (Å²) in [4.78, 5) is 10.4. The van der Waals surface area contributed by atoms with Crippen molar-refractivity contribution in [2.24, 2.45) is 5.92 Å². The fourth-order valence-electron chi connectivity index (χ4n) is 1.26. The Balaban J connectivity index is 2.70. The third-order valence-electron chi connectivity index (χ3n) is 2.59. The van der Waals surface area contributed by atoms with Crippen molar-refractivity contribution in [1.82, 2.24) is 0 Å². The van der Waals surface area contributed by atoms with Gasteiger partial charge in [-0.2, -0.15) is 0 Å². The number of ether oxygens (including phenoxy) is 1. The topological polar surface area (TPSA) is 46.5 Å². The van der Waals surface area contributed by atoms with Crippen molar-refractivity contribution in [1.29, 1.82) is 0 Å². The summed E-state index contributed by atoms with van der Waals surface area (Å²) in [5.41, 5.74) is 0.735. The van der Waals surface area contributed by atoms with Gasteiger partial charge in [0.15, 0.2) is 0 Å². The Hall–Kier alpha value is -1.48. The van der Waals surface area contributed by atoms with E-state index in [4.69, 9.17) is 21.4 Å². The van der Waals surface area contributed by atoms with Gasteiger partial charge >= 0.3 is 5.97 Å². The summed E-state index contributed by atoms with van der Waals surface area (Å²) in [5, 5.41) is 9.02. The monoisotopic (exact) mass is 268 g/mol. The maximum Gasteiger partial charge on any atom is 0.328 e. The highest BCUT2D eigenvalue weighted by molar-refractivity contribution is 6.32. The molecule has 0 bridgehead atoms. The van der Waals surface area contributed by atoms with Crippen molar-refractivity contribution in [3.05, 3.63) is 34.9 Å². The molecule has 1 aromatic rings. The Morgan fingerprint density at radius 2 is 2.28 bits per heavy atom. The predicted molar refractivity (Wildman–Crippen MR) is 73.1 cm³/mol. The summed E-state index contributed by atoms with van der Waals surface area (Å²) in [6, 6.07) is 5.22. The van der Waals surface area contributed by atoms with Gasteiger partial charge in [0.05, 0.1) is 11.6 Å². The van der Waals surface area contributed by atoms with Crippen LogP contribution in [0.3, 0.4) is 0 Å². The van der Waals surface area contributed by atoms with Crippen LogP contribution in [0.5, 0.6) is 5.75 Å². The van der Waals surface area contributed by atoms with Gasteiger partial charge in [-0.15, -0.1) is 0 Å². The van der Waals surface area contributed by atoms with Gasteiger partial charge in [0.1, 0.15) is 5.75 Å². The average molecular weight is 269 g/mol. The van der Waals surface area contributed by atoms with Crippen LogP contribution >= 0.6 is 11.6 Å². The molecule has 3 nitrogen and oxygen atoms in total. The zero-order valence-corrected chi connectivity index (χ0v) is 11.3. The van der Waals surface area contributed by atoms with Crippen LogP contribution in [-0.2, 0) is 4.79 Å². The lowest BCUT2D eigenvalue weighted by atomic mass is 10.1. The highest BCUT2D eigenvalue weighted by Gasteiger charge is 2.05. The molecular weight excluding hydrogens is 252 g/mol. The van der Waals surface area contributed by atoms with Crippen molar-refractivity contribution < 1.29 is 14.6 Å². The summed E-state index contributed by atoms with van der Waals surface area (Å²) < 4.78 is 5.60. The highest BCUT2D eigenvalue weighted by Crippen LogP contribution is 2.26. The van der Waals surface area contributed by atoms with Gasteiger partial charge in [-0.3, -0.25) is 0 Å². The number of rotatable bonds is 6. The van der Waals surface area contributed by atoms with Crippen LogP contribution in [0.15, 0.2) is 24.3 Å². The fourth-order valence-corrected chi connectivity index (χ4v) is 1.50. The van der Waals surface area contributed by atoms with E-state index < -0.39 is 5.97 Å². The number of carboxylic acids is 1. The Morgan fingerprint density at radius 3 is 2.83 bits per heavy atom. The molecule has 0 heterocycles. The van der Waals surface area contributed by atoms with Crippen LogP contribution < -0.4 is 4.74 Å². The molecule has 0 fully saturated rings. The summed E-state index contributed by atoms with van der Waals surface area (Å²) in [6.45, 7) is 4.84. The largest absolute Gasteiger partial charge is 0.492 e. The molecule has 1 aromatic carbocycles. The van der Waals surface area contributed by atoms with E-state index in [9.17, 15) is 4.79 Å². The molecule has 0 saturated heterocycles. The Kier molecular flexibility index (Phi) is 5.72. The second-order valence-electron chi connectivity index (χ2n) is 4.19. The van der Waals surface area contributed by atoms with Crippen molar-refractivity contribution in [2.45, 2.75) is 20.3 Å². The first kappa shape index (κ1) is 14.6. The van der Waals surface area contributed by atoms with Gasteiger partial charge in [-0.1, -0.05) is 37.9 Å². The van der Waals surface area contributed by atoms with Crippen LogP contribution in [0, 0.1) is 5.92 Å². The predicted octanol–water partition coefficient (Wildman–Crippen LogP) is 3.86. The second-order valence-corrected chi connectivity index (χ2v) is 4.59. The SMILES string of the molecule is CCC(C)COc1ccc(C=CC(=O)O)cc1Cl. The summed E-state index contributed by atoms with van der Waals surface area (Å²) in [5.74, 6) is 0.125. The number of halogens is 1. The zero-order valence-electron chi connectivity index (χ0n) is 10.5. The second kappa shape index (κ2) is 7.07. The molecule has 0 saturated carbocycles. The molecule has 0 aliphatic heterocycles. The van der Waals surface area contributed by atoms with Gasteiger partial charge < -0.3 is 9.84 Å².